The number of nitrogens with two attached hydrogens (primary N) is 1. The van der Waals surface area contributed by atoms with Gasteiger partial charge in [0.15, 0.2) is 5.01 Å². The van der Waals surface area contributed by atoms with Gasteiger partial charge >= 0.3 is 5.97 Å². The molecule has 0 aliphatic carbocycles. The lowest BCUT2D eigenvalue weighted by molar-refractivity contribution is 0.0531. The zero-order chi connectivity index (χ0) is 12.0. The van der Waals surface area contributed by atoms with E-state index in [0.717, 1.165) is 0 Å². The first-order valence-corrected chi connectivity index (χ1v) is 5.84. The first-order chi connectivity index (χ1) is 7.69. The molecule has 2 N–H and O–H groups in total. The molecule has 0 aromatic carbocycles. The molecular weight excluding hydrogens is 224 g/mol. The summed E-state index contributed by atoms with van der Waals surface area (Å²) >= 11 is 1.26. The summed E-state index contributed by atoms with van der Waals surface area (Å²) in [6.45, 7) is 4.44. The van der Waals surface area contributed by atoms with Crippen molar-refractivity contribution in [2.24, 2.45) is 5.73 Å². The minimum absolute atomic E-state index is 0.329. The fraction of sp³-hybridized carbons (Fsp3) is 0.455. The largest absolute Gasteiger partial charge is 0.462 e. The first-order valence-electron chi connectivity index (χ1n) is 5.02. The van der Waals surface area contributed by atoms with Crippen LogP contribution in [0.2, 0.25) is 0 Å². The van der Waals surface area contributed by atoms with E-state index in [1.54, 1.807) is 13.8 Å². The van der Waals surface area contributed by atoms with Crippen LogP contribution < -0.4 is 5.73 Å². The highest BCUT2D eigenvalue weighted by atomic mass is 32.1. The van der Waals surface area contributed by atoms with Crippen LogP contribution in [-0.2, 0) is 4.74 Å². The van der Waals surface area contributed by atoms with Gasteiger partial charge in [0.25, 0.3) is 0 Å². The Morgan fingerprint density at radius 1 is 1.62 bits per heavy atom. The van der Waals surface area contributed by atoms with Gasteiger partial charge in [0.1, 0.15) is 4.88 Å². The molecule has 86 valence electrons. The van der Waals surface area contributed by atoms with Gasteiger partial charge in [-0.05, 0) is 19.8 Å². The number of hydrogen-bond donors (Lipinski definition) is 1. The van der Waals surface area contributed by atoms with Gasteiger partial charge in [-0.15, -0.1) is 0 Å². The van der Waals surface area contributed by atoms with E-state index in [1.165, 1.54) is 11.3 Å². The van der Waals surface area contributed by atoms with Crippen molar-refractivity contribution in [2.45, 2.75) is 20.3 Å². The number of hydrogen-bond acceptors (Lipinski definition) is 5. The quantitative estimate of drug-likeness (QED) is 0.637. The molecule has 0 bridgehead atoms. The number of carbonyl (C=O) groups excluding carboxylic acids is 1. The van der Waals surface area contributed by atoms with Crippen molar-refractivity contribution in [3.05, 3.63) is 15.6 Å². The first kappa shape index (κ1) is 12.7. The van der Waals surface area contributed by atoms with E-state index in [2.05, 4.69) is 16.8 Å². The van der Waals surface area contributed by atoms with Crippen LogP contribution >= 0.6 is 11.3 Å². The summed E-state index contributed by atoms with van der Waals surface area (Å²) in [5, 5.41) is 0.633. The zero-order valence-corrected chi connectivity index (χ0v) is 10.2. The van der Waals surface area contributed by atoms with E-state index in [0.29, 0.717) is 35.2 Å². The van der Waals surface area contributed by atoms with E-state index in [4.69, 9.17) is 10.5 Å². The van der Waals surface area contributed by atoms with Gasteiger partial charge < -0.3 is 10.5 Å². The van der Waals surface area contributed by atoms with Crippen molar-refractivity contribution in [2.75, 3.05) is 13.2 Å². The van der Waals surface area contributed by atoms with Crippen molar-refractivity contribution in [3.8, 4) is 11.8 Å². The second-order valence-corrected chi connectivity index (χ2v) is 3.99. The Labute approximate surface area is 98.8 Å². The van der Waals surface area contributed by atoms with Gasteiger partial charge in [-0.25, -0.2) is 9.78 Å². The van der Waals surface area contributed by atoms with Crippen molar-refractivity contribution in [1.82, 2.24) is 4.98 Å². The van der Waals surface area contributed by atoms with Gasteiger partial charge in [-0.2, -0.15) is 0 Å². The smallest absolute Gasteiger partial charge is 0.350 e. The summed E-state index contributed by atoms with van der Waals surface area (Å²) in [6, 6.07) is 0. The molecule has 0 fully saturated rings. The molecule has 1 heterocycles. The van der Waals surface area contributed by atoms with Crippen LogP contribution in [0.3, 0.4) is 0 Å². The predicted molar refractivity (Wildman–Crippen MR) is 63.4 cm³/mol. The molecule has 16 heavy (non-hydrogen) atoms. The van der Waals surface area contributed by atoms with E-state index < -0.39 is 0 Å². The van der Waals surface area contributed by atoms with Gasteiger partial charge in [0.2, 0.25) is 0 Å². The SMILES string of the molecule is CCOC(=O)c1sc(C#CCCN)nc1C. The monoisotopic (exact) mass is 238 g/mol. The number of aryl methyl sites for hydroxylation is 1. The van der Waals surface area contributed by atoms with E-state index in [9.17, 15) is 4.79 Å². The predicted octanol–water partition coefficient (Wildman–Crippen LogP) is 1.33. The topological polar surface area (TPSA) is 65.2 Å². The maximum absolute atomic E-state index is 11.5. The highest BCUT2D eigenvalue weighted by Crippen LogP contribution is 2.18. The Morgan fingerprint density at radius 2 is 2.38 bits per heavy atom. The summed E-state index contributed by atoms with van der Waals surface area (Å²) in [5.41, 5.74) is 5.99. The number of esters is 1. The number of rotatable bonds is 3. The summed E-state index contributed by atoms with van der Waals surface area (Å²) in [6.07, 6.45) is 0.632. The minimum atomic E-state index is -0.329. The number of nitrogens with zero attached hydrogens (tertiary/aromatic N) is 1. The maximum Gasteiger partial charge on any atom is 0.350 e. The Balaban J connectivity index is 2.82. The summed E-state index contributed by atoms with van der Waals surface area (Å²) in [5.74, 6) is 5.43. The zero-order valence-electron chi connectivity index (χ0n) is 9.37. The summed E-state index contributed by atoms with van der Waals surface area (Å²) < 4.78 is 4.91. The molecule has 4 nitrogen and oxygen atoms in total. The standard InChI is InChI=1S/C11H14N2O2S/c1-3-15-11(14)10-8(2)13-9(16-10)6-4-5-7-12/h3,5,7,12H2,1-2H3. The van der Waals surface area contributed by atoms with Crippen LogP contribution in [0.25, 0.3) is 0 Å². The molecule has 0 aliphatic heterocycles. The lowest BCUT2D eigenvalue weighted by atomic mass is 10.4. The van der Waals surface area contributed by atoms with Crippen LogP contribution in [0, 0.1) is 18.8 Å². The van der Waals surface area contributed by atoms with Crippen LogP contribution in [0.1, 0.15) is 33.7 Å². The third-order valence-corrected chi connectivity index (χ3v) is 2.77. The normalized spacial score (nSPS) is 9.44. The number of carbonyl (C=O) groups is 1. The Hall–Kier alpha value is -1.38. The van der Waals surface area contributed by atoms with Crippen LogP contribution in [-0.4, -0.2) is 24.1 Å². The molecule has 0 amide bonds. The molecular formula is C11H14N2O2S. The van der Waals surface area contributed by atoms with E-state index in [1.807, 2.05) is 0 Å². The fourth-order valence-electron chi connectivity index (χ4n) is 1.05. The maximum atomic E-state index is 11.5. The van der Waals surface area contributed by atoms with Crippen LogP contribution in [0.5, 0.6) is 0 Å². The lowest BCUT2D eigenvalue weighted by Gasteiger charge is -1.97. The van der Waals surface area contributed by atoms with Crippen molar-refractivity contribution in [1.29, 1.82) is 0 Å². The Morgan fingerprint density at radius 3 is 3.00 bits per heavy atom. The van der Waals surface area contributed by atoms with Gasteiger partial charge in [-0.1, -0.05) is 17.3 Å². The molecule has 0 saturated carbocycles. The number of aromatic nitrogens is 1. The molecule has 1 aromatic rings. The third kappa shape index (κ3) is 3.33. The number of thiazole rings is 1. The average molecular weight is 238 g/mol. The molecule has 0 aliphatic rings. The Kier molecular flexibility index (Phi) is 4.96. The van der Waals surface area contributed by atoms with Crippen LogP contribution in [0.4, 0.5) is 0 Å². The Bertz CT molecular complexity index is 429. The molecule has 0 radical (unpaired) electrons. The molecule has 0 saturated heterocycles. The molecule has 0 spiro atoms. The summed E-state index contributed by atoms with van der Waals surface area (Å²) in [7, 11) is 0. The lowest BCUT2D eigenvalue weighted by Crippen LogP contribution is -2.03. The summed E-state index contributed by atoms with van der Waals surface area (Å²) in [4.78, 5) is 16.2. The molecule has 0 unspecified atom stereocenters. The molecule has 0 atom stereocenters. The minimum Gasteiger partial charge on any atom is -0.462 e. The van der Waals surface area contributed by atoms with Crippen molar-refractivity contribution >= 4 is 17.3 Å². The number of ether oxygens (including phenoxy) is 1. The third-order valence-electron chi connectivity index (χ3n) is 1.72. The fourth-order valence-corrected chi connectivity index (χ4v) is 1.88. The molecule has 1 rings (SSSR count). The van der Waals surface area contributed by atoms with Crippen LogP contribution in [0.15, 0.2) is 0 Å². The van der Waals surface area contributed by atoms with E-state index >= 15 is 0 Å². The highest BCUT2D eigenvalue weighted by molar-refractivity contribution is 7.14. The van der Waals surface area contributed by atoms with Gasteiger partial charge in [-0.3, -0.25) is 0 Å². The van der Waals surface area contributed by atoms with Crippen molar-refractivity contribution < 1.29 is 9.53 Å². The highest BCUT2D eigenvalue weighted by Gasteiger charge is 2.15. The van der Waals surface area contributed by atoms with E-state index in [-0.39, 0.29) is 5.97 Å². The van der Waals surface area contributed by atoms with Crippen molar-refractivity contribution in [3.63, 3.8) is 0 Å². The molecule has 5 heteroatoms. The second-order valence-electron chi connectivity index (χ2n) is 2.99. The average Bonchev–Trinajstić information content (AvgIpc) is 2.61. The molecule has 1 aromatic heterocycles. The van der Waals surface area contributed by atoms with Gasteiger partial charge in [0, 0.05) is 13.0 Å². The van der Waals surface area contributed by atoms with Gasteiger partial charge in [0.05, 0.1) is 12.3 Å². The second kappa shape index (κ2) is 6.26.